The maximum absolute atomic E-state index is 12.4. The van der Waals surface area contributed by atoms with Gasteiger partial charge in [0.25, 0.3) is 5.91 Å². The normalized spacial score (nSPS) is 12.8. The van der Waals surface area contributed by atoms with Crippen molar-refractivity contribution in [2.45, 2.75) is 31.1 Å². The van der Waals surface area contributed by atoms with Gasteiger partial charge in [-0.1, -0.05) is 43.3 Å². The topological polar surface area (TPSA) is 66.5 Å². The van der Waals surface area contributed by atoms with Gasteiger partial charge in [-0.05, 0) is 42.5 Å². The van der Waals surface area contributed by atoms with E-state index in [1.54, 1.807) is 19.1 Å². The highest BCUT2D eigenvalue weighted by molar-refractivity contribution is 7.89. The lowest BCUT2D eigenvalue weighted by Gasteiger charge is -2.15. The molecule has 0 aliphatic carbocycles. The Bertz CT molecular complexity index is 862. The fourth-order valence-corrected chi connectivity index (χ4v) is 3.81. The van der Waals surface area contributed by atoms with Crippen LogP contribution >= 0.6 is 0 Å². The number of nitrogens with one attached hydrogen (secondary N) is 1. The molecule has 0 aliphatic rings. The second-order valence-electron chi connectivity index (χ2n) is 6.62. The van der Waals surface area contributed by atoms with Crippen LogP contribution < -0.4 is 5.32 Å². The molecule has 0 radical (unpaired) electrons. The molecule has 0 heterocycles. The molecule has 0 aromatic heterocycles. The molecule has 5 nitrogen and oxygen atoms in total. The van der Waals surface area contributed by atoms with Crippen LogP contribution in [0.25, 0.3) is 0 Å². The number of sulfonamides is 1. The number of aryl methyl sites for hydroxylation is 1. The van der Waals surface area contributed by atoms with Crippen molar-refractivity contribution < 1.29 is 13.2 Å². The average Bonchev–Trinajstić information content (AvgIpc) is 2.62. The van der Waals surface area contributed by atoms with Gasteiger partial charge in [-0.15, -0.1) is 0 Å². The highest BCUT2D eigenvalue weighted by Crippen LogP contribution is 2.20. The number of rotatable bonds is 7. The molecule has 0 spiro atoms. The van der Waals surface area contributed by atoms with Crippen LogP contribution in [0.2, 0.25) is 0 Å². The molecule has 0 saturated carbocycles. The molecular weight excluding hydrogens is 348 g/mol. The zero-order chi connectivity index (χ0) is 19.3. The van der Waals surface area contributed by atoms with E-state index in [0.717, 1.165) is 10.7 Å². The summed E-state index contributed by atoms with van der Waals surface area (Å²) in [6, 6.07) is 14.9. The molecule has 0 bridgehead atoms. The average molecular weight is 375 g/mol. The van der Waals surface area contributed by atoms with Crippen LogP contribution in [-0.2, 0) is 10.0 Å². The van der Waals surface area contributed by atoms with Crippen molar-refractivity contribution in [3.63, 3.8) is 0 Å². The van der Waals surface area contributed by atoms with E-state index in [4.69, 9.17) is 0 Å². The van der Waals surface area contributed by atoms with Gasteiger partial charge < -0.3 is 5.32 Å². The number of amides is 1. The zero-order valence-corrected chi connectivity index (χ0v) is 16.5. The number of benzene rings is 2. The van der Waals surface area contributed by atoms with Crippen LogP contribution in [0.5, 0.6) is 0 Å². The van der Waals surface area contributed by atoms with Gasteiger partial charge in [0, 0.05) is 26.2 Å². The molecule has 2 rings (SSSR count). The fraction of sp³-hybridized carbons (Fsp3) is 0.350. The highest BCUT2D eigenvalue weighted by atomic mass is 32.2. The quantitative estimate of drug-likeness (QED) is 0.809. The third-order valence-corrected chi connectivity index (χ3v) is 6.40. The SMILES string of the molecule is Cc1ccc(C(=O)NCCC(C)c2ccccc2)cc1S(=O)(=O)N(C)C. The van der Waals surface area contributed by atoms with Crippen LogP contribution in [0.4, 0.5) is 0 Å². The van der Waals surface area contributed by atoms with E-state index in [1.165, 1.54) is 25.7 Å². The number of carbonyl (C=O) groups is 1. The molecule has 6 heteroatoms. The standard InChI is InChI=1S/C20H26N2O3S/c1-15(17-8-6-5-7-9-17)12-13-21-20(23)18-11-10-16(2)19(14-18)26(24,25)22(3)4/h5-11,14-15H,12-13H2,1-4H3,(H,21,23). The minimum atomic E-state index is -3.58. The largest absolute Gasteiger partial charge is 0.352 e. The first-order chi connectivity index (χ1) is 12.2. The summed E-state index contributed by atoms with van der Waals surface area (Å²) in [5.41, 5.74) is 2.20. The number of carbonyl (C=O) groups excluding carboxylic acids is 1. The van der Waals surface area contributed by atoms with Gasteiger partial charge in [-0.2, -0.15) is 0 Å². The van der Waals surface area contributed by atoms with Gasteiger partial charge in [0.05, 0.1) is 4.90 Å². The third-order valence-electron chi connectivity index (χ3n) is 4.44. The first kappa shape index (κ1) is 20.1. The van der Waals surface area contributed by atoms with Gasteiger partial charge in [-0.3, -0.25) is 4.79 Å². The van der Waals surface area contributed by atoms with Crippen LogP contribution in [0.3, 0.4) is 0 Å². The van der Waals surface area contributed by atoms with E-state index in [1.807, 2.05) is 18.2 Å². The number of nitrogens with zero attached hydrogens (tertiary/aromatic N) is 1. The Kier molecular flexibility index (Phi) is 6.56. The fourth-order valence-electron chi connectivity index (χ4n) is 2.67. The second-order valence-corrected chi connectivity index (χ2v) is 8.74. The van der Waals surface area contributed by atoms with Crippen LogP contribution in [0.15, 0.2) is 53.4 Å². The summed E-state index contributed by atoms with van der Waals surface area (Å²) in [6.07, 6.45) is 0.810. The summed E-state index contributed by atoms with van der Waals surface area (Å²) in [5.74, 6) is 0.0691. The van der Waals surface area contributed by atoms with E-state index in [2.05, 4.69) is 24.4 Å². The molecule has 0 fully saturated rings. The molecule has 140 valence electrons. The van der Waals surface area contributed by atoms with Crippen molar-refractivity contribution in [1.29, 1.82) is 0 Å². The summed E-state index contributed by atoms with van der Waals surface area (Å²) >= 11 is 0. The molecule has 2 aromatic carbocycles. The molecule has 26 heavy (non-hydrogen) atoms. The number of hydrogen-bond donors (Lipinski definition) is 1. The highest BCUT2D eigenvalue weighted by Gasteiger charge is 2.21. The van der Waals surface area contributed by atoms with E-state index in [0.29, 0.717) is 23.6 Å². The van der Waals surface area contributed by atoms with E-state index >= 15 is 0 Å². The van der Waals surface area contributed by atoms with E-state index < -0.39 is 10.0 Å². The summed E-state index contributed by atoms with van der Waals surface area (Å²) in [7, 11) is -0.623. The monoisotopic (exact) mass is 374 g/mol. The molecule has 0 aliphatic heterocycles. The van der Waals surface area contributed by atoms with Gasteiger partial charge in [-0.25, -0.2) is 12.7 Å². The van der Waals surface area contributed by atoms with Crippen LogP contribution in [0, 0.1) is 6.92 Å². The van der Waals surface area contributed by atoms with Crippen molar-refractivity contribution in [2.24, 2.45) is 0 Å². The summed E-state index contributed by atoms with van der Waals surface area (Å²) < 4.78 is 25.9. The molecule has 0 saturated heterocycles. The van der Waals surface area contributed by atoms with Gasteiger partial charge >= 0.3 is 0 Å². The van der Waals surface area contributed by atoms with Crippen molar-refractivity contribution in [3.05, 3.63) is 65.2 Å². The molecule has 1 unspecified atom stereocenters. The lowest BCUT2D eigenvalue weighted by Crippen LogP contribution is -2.27. The molecular formula is C20H26N2O3S. The molecule has 1 amide bonds. The predicted molar refractivity (Wildman–Crippen MR) is 104 cm³/mol. The number of hydrogen-bond acceptors (Lipinski definition) is 3. The van der Waals surface area contributed by atoms with Gasteiger partial charge in [0.1, 0.15) is 0 Å². The van der Waals surface area contributed by atoms with Crippen molar-refractivity contribution in [2.75, 3.05) is 20.6 Å². The Morgan fingerprint density at radius 2 is 1.77 bits per heavy atom. The van der Waals surface area contributed by atoms with Crippen LogP contribution in [0.1, 0.15) is 40.7 Å². The minimum absolute atomic E-state index is 0.160. The first-order valence-corrected chi connectivity index (χ1v) is 10.0. The Hall–Kier alpha value is -2.18. The Balaban J connectivity index is 2.04. The lowest BCUT2D eigenvalue weighted by atomic mass is 9.98. The smallest absolute Gasteiger partial charge is 0.251 e. The third kappa shape index (κ3) is 4.71. The van der Waals surface area contributed by atoms with Crippen LogP contribution in [-0.4, -0.2) is 39.3 Å². The first-order valence-electron chi connectivity index (χ1n) is 8.60. The van der Waals surface area contributed by atoms with Crippen molar-refractivity contribution >= 4 is 15.9 Å². The summed E-state index contributed by atoms with van der Waals surface area (Å²) in [6.45, 7) is 4.37. The maximum Gasteiger partial charge on any atom is 0.251 e. The van der Waals surface area contributed by atoms with E-state index in [-0.39, 0.29) is 10.8 Å². The summed E-state index contributed by atoms with van der Waals surface area (Å²) in [4.78, 5) is 12.6. The Morgan fingerprint density at radius 3 is 2.38 bits per heavy atom. The van der Waals surface area contributed by atoms with Gasteiger partial charge in [0.15, 0.2) is 0 Å². The maximum atomic E-state index is 12.4. The molecule has 1 N–H and O–H groups in total. The van der Waals surface area contributed by atoms with Crippen molar-refractivity contribution in [3.8, 4) is 0 Å². The predicted octanol–water partition coefficient (Wildman–Crippen LogP) is 3.17. The molecule has 1 atom stereocenters. The van der Waals surface area contributed by atoms with E-state index in [9.17, 15) is 13.2 Å². The van der Waals surface area contributed by atoms with Crippen molar-refractivity contribution in [1.82, 2.24) is 9.62 Å². The minimum Gasteiger partial charge on any atom is -0.352 e. The zero-order valence-electron chi connectivity index (χ0n) is 15.7. The van der Waals surface area contributed by atoms with Gasteiger partial charge in [0.2, 0.25) is 10.0 Å². The summed E-state index contributed by atoms with van der Waals surface area (Å²) in [5, 5.41) is 2.88. The second kappa shape index (κ2) is 8.47. The Morgan fingerprint density at radius 1 is 1.12 bits per heavy atom. The molecule has 2 aromatic rings. The Labute approximate surface area is 156 Å². The lowest BCUT2D eigenvalue weighted by molar-refractivity contribution is 0.0952.